The van der Waals surface area contributed by atoms with Crippen LogP contribution in [0.15, 0.2) is 48.5 Å². The van der Waals surface area contributed by atoms with Gasteiger partial charge in [0.2, 0.25) is 0 Å². The molecule has 0 atom stereocenters. The lowest BCUT2D eigenvalue weighted by Crippen LogP contribution is -2.18. The summed E-state index contributed by atoms with van der Waals surface area (Å²) >= 11 is 0. The molecule has 0 aromatic heterocycles. The number of carbonyl (C=O) groups excluding carboxylic acids is 1. The highest BCUT2D eigenvalue weighted by Gasteiger charge is 2.07. The van der Waals surface area contributed by atoms with E-state index in [0.717, 1.165) is 6.42 Å². The number of rotatable bonds is 12. The molecule has 0 saturated heterocycles. The third-order valence-electron chi connectivity index (χ3n) is 3.79. The summed E-state index contributed by atoms with van der Waals surface area (Å²) in [5.74, 6) is 1.70. The third kappa shape index (κ3) is 8.50. The second kappa shape index (κ2) is 11.5. The molecule has 0 heterocycles. The number of ether oxygens (including phenoxy) is 4. The highest BCUT2D eigenvalue weighted by Crippen LogP contribution is 2.20. The number of carbonyl (C=O) groups is 1. The van der Waals surface area contributed by atoms with Gasteiger partial charge in [0, 0.05) is 18.2 Å². The predicted octanol–water partition coefficient (Wildman–Crippen LogP) is 4.02. The molecular formula is C21H25NO7. The van der Waals surface area contributed by atoms with E-state index in [2.05, 4.69) is 13.8 Å². The van der Waals surface area contributed by atoms with Gasteiger partial charge in [0.15, 0.2) is 6.61 Å². The maximum atomic E-state index is 11.8. The maximum absolute atomic E-state index is 11.8. The summed E-state index contributed by atoms with van der Waals surface area (Å²) in [6, 6.07) is 12.8. The second-order valence-corrected chi connectivity index (χ2v) is 6.61. The Morgan fingerprint density at radius 1 is 0.931 bits per heavy atom. The van der Waals surface area contributed by atoms with Gasteiger partial charge in [0.1, 0.15) is 30.5 Å². The molecule has 0 aliphatic carbocycles. The lowest BCUT2D eigenvalue weighted by atomic mass is 10.1. The number of benzene rings is 2. The van der Waals surface area contributed by atoms with Crippen molar-refractivity contribution in [1.29, 1.82) is 0 Å². The Hall–Kier alpha value is -3.29. The quantitative estimate of drug-likeness (QED) is 0.228. The molecule has 2 rings (SSSR count). The van der Waals surface area contributed by atoms with E-state index in [4.69, 9.17) is 18.9 Å². The summed E-state index contributed by atoms with van der Waals surface area (Å²) in [4.78, 5) is 21.9. The number of hydrogen-bond acceptors (Lipinski definition) is 7. The number of nitro groups is 1. The lowest BCUT2D eigenvalue weighted by Gasteiger charge is -2.11. The minimum Gasteiger partial charge on any atom is -0.493 e. The van der Waals surface area contributed by atoms with Crippen molar-refractivity contribution >= 4 is 11.7 Å². The Morgan fingerprint density at radius 2 is 1.59 bits per heavy atom. The molecular weight excluding hydrogens is 378 g/mol. The first kappa shape index (κ1) is 22.0. The first-order chi connectivity index (χ1) is 13.9. The van der Waals surface area contributed by atoms with E-state index in [9.17, 15) is 14.9 Å². The standard InChI is InChI=1S/C21H25NO7/c1-16(2)10-11-26-19-4-3-5-20(14-19)29-15-21(23)28-13-12-27-18-8-6-17(7-9-18)22(24)25/h3-9,14,16H,10-13,15H2,1-2H3. The van der Waals surface area contributed by atoms with E-state index in [1.807, 2.05) is 6.07 Å². The van der Waals surface area contributed by atoms with Gasteiger partial charge >= 0.3 is 5.97 Å². The van der Waals surface area contributed by atoms with Crippen LogP contribution in [0.25, 0.3) is 0 Å². The zero-order valence-corrected chi connectivity index (χ0v) is 16.5. The summed E-state index contributed by atoms with van der Waals surface area (Å²) in [7, 11) is 0. The molecule has 0 N–H and O–H groups in total. The molecule has 2 aromatic rings. The van der Waals surface area contributed by atoms with Crippen molar-refractivity contribution in [3.8, 4) is 17.2 Å². The fourth-order valence-electron chi connectivity index (χ4n) is 2.23. The van der Waals surface area contributed by atoms with Crippen LogP contribution in [0, 0.1) is 16.0 Å². The van der Waals surface area contributed by atoms with Crippen LogP contribution >= 0.6 is 0 Å². The van der Waals surface area contributed by atoms with Crippen molar-refractivity contribution < 1.29 is 28.7 Å². The van der Waals surface area contributed by atoms with E-state index in [1.54, 1.807) is 18.2 Å². The molecule has 8 heteroatoms. The van der Waals surface area contributed by atoms with Crippen LogP contribution in [0.5, 0.6) is 17.2 Å². The van der Waals surface area contributed by atoms with Gasteiger partial charge in [-0.3, -0.25) is 10.1 Å². The van der Waals surface area contributed by atoms with Crippen LogP contribution in [0.1, 0.15) is 20.3 Å². The van der Waals surface area contributed by atoms with Crippen molar-refractivity contribution in [1.82, 2.24) is 0 Å². The summed E-state index contributed by atoms with van der Waals surface area (Å²) < 4.78 is 21.5. The molecule has 29 heavy (non-hydrogen) atoms. The van der Waals surface area contributed by atoms with E-state index < -0.39 is 10.9 Å². The van der Waals surface area contributed by atoms with Crippen molar-refractivity contribution in [2.24, 2.45) is 5.92 Å². The molecule has 0 bridgehead atoms. The zero-order valence-electron chi connectivity index (χ0n) is 16.5. The normalized spacial score (nSPS) is 10.4. The first-order valence-electron chi connectivity index (χ1n) is 9.32. The summed E-state index contributed by atoms with van der Waals surface area (Å²) in [6.45, 7) is 4.82. The molecule has 2 aromatic carbocycles. The summed E-state index contributed by atoms with van der Waals surface area (Å²) in [5, 5.41) is 10.6. The molecule has 0 amide bonds. The molecule has 0 unspecified atom stereocenters. The van der Waals surface area contributed by atoms with E-state index >= 15 is 0 Å². The van der Waals surface area contributed by atoms with Gasteiger partial charge in [0.25, 0.3) is 5.69 Å². The highest BCUT2D eigenvalue weighted by atomic mass is 16.6. The van der Waals surface area contributed by atoms with Crippen molar-refractivity contribution in [2.45, 2.75) is 20.3 Å². The molecule has 0 aliphatic rings. The fourth-order valence-corrected chi connectivity index (χ4v) is 2.23. The van der Waals surface area contributed by atoms with Crippen LogP contribution in [-0.2, 0) is 9.53 Å². The highest BCUT2D eigenvalue weighted by molar-refractivity contribution is 5.71. The van der Waals surface area contributed by atoms with Crippen LogP contribution in [0.2, 0.25) is 0 Å². The summed E-state index contributed by atoms with van der Waals surface area (Å²) in [5.41, 5.74) is -0.0182. The Bertz CT molecular complexity index is 790. The van der Waals surface area contributed by atoms with Crippen LogP contribution in [0.3, 0.4) is 0 Å². The van der Waals surface area contributed by atoms with E-state index in [-0.39, 0.29) is 25.5 Å². The van der Waals surface area contributed by atoms with Gasteiger partial charge in [-0.25, -0.2) is 4.79 Å². The monoisotopic (exact) mass is 403 g/mol. The lowest BCUT2D eigenvalue weighted by molar-refractivity contribution is -0.384. The topological polar surface area (TPSA) is 97.1 Å². The van der Waals surface area contributed by atoms with Gasteiger partial charge in [-0.15, -0.1) is 0 Å². The number of nitro benzene ring substituents is 1. The smallest absolute Gasteiger partial charge is 0.344 e. The molecule has 0 spiro atoms. The van der Waals surface area contributed by atoms with E-state index in [1.165, 1.54) is 24.3 Å². The average Bonchev–Trinajstić information content (AvgIpc) is 2.70. The SMILES string of the molecule is CC(C)CCOc1cccc(OCC(=O)OCCOc2ccc([N+](=O)[O-])cc2)c1. The maximum Gasteiger partial charge on any atom is 0.344 e. The largest absolute Gasteiger partial charge is 0.493 e. The van der Waals surface area contributed by atoms with Crippen LogP contribution in [0.4, 0.5) is 5.69 Å². The molecule has 156 valence electrons. The van der Waals surface area contributed by atoms with Gasteiger partial charge in [-0.2, -0.15) is 0 Å². The van der Waals surface area contributed by atoms with Crippen LogP contribution in [-0.4, -0.2) is 37.3 Å². The van der Waals surface area contributed by atoms with Crippen molar-refractivity contribution in [3.63, 3.8) is 0 Å². The predicted molar refractivity (Wildman–Crippen MR) is 106 cm³/mol. The van der Waals surface area contributed by atoms with Crippen molar-refractivity contribution in [3.05, 3.63) is 58.6 Å². The third-order valence-corrected chi connectivity index (χ3v) is 3.79. The number of non-ortho nitro benzene ring substituents is 1. The number of hydrogen-bond donors (Lipinski definition) is 0. The second-order valence-electron chi connectivity index (χ2n) is 6.61. The van der Waals surface area contributed by atoms with Gasteiger partial charge in [-0.05, 0) is 36.6 Å². The number of esters is 1. The van der Waals surface area contributed by atoms with E-state index in [0.29, 0.717) is 29.8 Å². The first-order valence-corrected chi connectivity index (χ1v) is 9.32. The van der Waals surface area contributed by atoms with Gasteiger partial charge < -0.3 is 18.9 Å². The fraction of sp³-hybridized carbons (Fsp3) is 0.381. The minimum absolute atomic E-state index is 0.0182. The average molecular weight is 403 g/mol. The number of nitrogens with zero attached hydrogens (tertiary/aromatic N) is 1. The van der Waals surface area contributed by atoms with Gasteiger partial charge in [0.05, 0.1) is 11.5 Å². The molecule has 8 nitrogen and oxygen atoms in total. The zero-order chi connectivity index (χ0) is 21.1. The Kier molecular flexibility index (Phi) is 8.75. The molecule has 0 fully saturated rings. The van der Waals surface area contributed by atoms with Crippen LogP contribution < -0.4 is 14.2 Å². The Labute approximate surface area is 169 Å². The van der Waals surface area contributed by atoms with Gasteiger partial charge in [-0.1, -0.05) is 19.9 Å². The molecule has 0 aliphatic heterocycles. The van der Waals surface area contributed by atoms with Crippen molar-refractivity contribution in [2.75, 3.05) is 26.4 Å². The summed E-state index contributed by atoms with van der Waals surface area (Å²) in [6.07, 6.45) is 0.958. The molecule has 0 radical (unpaired) electrons. The molecule has 0 saturated carbocycles. The Balaban J connectivity index is 1.65. The Morgan fingerprint density at radius 3 is 2.24 bits per heavy atom. The minimum atomic E-state index is -0.525.